The molecule has 0 aromatic rings. The van der Waals surface area contributed by atoms with E-state index in [1.807, 2.05) is 0 Å². The van der Waals surface area contributed by atoms with Gasteiger partial charge in [-0.25, -0.2) is 0 Å². The van der Waals surface area contributed by atoms with Crippen LogP contribution in [0.15, 0.2) is 0 Å². The van der Waals surface area contributed by atoms with Crippen LogP contribution in [0.4, 0.5) is 0 Å². The van der Waals surface area contributed by atoms with Crippen LogP contribution in [-0.2, 0) is 0 Å². The van der Waals surface area contributed by atoms with E-state index in [4.69, 9.17) is 0 Å². The smallest absolute Gasteiger partial charge is 0.0417 e. The Morgan fingerprint density at radius 1 is 0.875 bits per heavy atom. The maximum absolute atomic E-state index is 2.36. The first-order chi connectivity index (χ1) is 7.43. The van der Waals surface area contributed by atoms with E-state index in [0.717, 1.165) is 23.7 Å². The highest BCUT2D eigenvalue weighted by Gasteiger charge is 2.08. The Kier molecular flexibility index (Phi) is 9.07. The van der Waals surface area contributed by atoms with E-state index in [1.165, 1.54) is 38.5 Å². The lowest BCUT2D eigenvalue weighted by atomic mass is 9.90. The summed E-state index contributed by atoms with van der Waals surface area (Å²) in [6.45, 7) is 13.9. The third kappa shape index (κ3) is 9.24. The van der Waals surface area contributed by atoms with E-state index in [9.17, 15) is 0 Å². The molecule has 98 valence electrons. The van der Waals surface area contributed by atoms with Crippen LogP contribution in [0.25, 0.3) is 0 Å². The number of rotatable bonds is 3. The molecule has 0 amide bonds. The summed E-state index contributed by atoms with van der Waals surface area (Å²) >= 11 is 0. The molecule has 0 aromatic heterocycles. The van der Waals surface area contributed by atoms with Crippen LogP contribution < -0.4 is 0 Å². The predicted octanol–water partition coefficient (Wildman–Crippen LogP) is 5.91. The second-order valence-electron chi connectivity index (χ2n) is 6.59. The quantitative estimate of drug-likeness (QED) is 0.561. The molecular formula is C16H34. The molecule has 0 bridgehead atoms. The molecule has 0 heteroatoms. The van der Waals surface area contributed by atoms with Gasteiger partial charge in [0.15, 0.2) is 0 Å². The Labute approximate surface area is 104 Å². The molecule has 0 nitrogen and oxygen atoms in total. The van der Waals surface area contributed by atoms with Crippen molar-refractivity contribution >= 4 is 0 Å². The van der Waals surface area contributed by atoms with Crippen molar-refractivity contribution in [2.24, 2.45) is 23.7 Å². The highest BCUT2D eigenvalue weighted by Crippen LogP contribution is 2.22. The maximum atomic E-state index is 2.36. The zero-order valence-electron chi connectivity index (χ0n) is 12.6. The Balaban J connectivity index is 0.000000288. The molecule has 0 N–H and O–H groups in total. The molecule has 1 aliphatic carbocycles. The fourth-order valence-electron chi connectivity index (χ4n) is 2.32. The second kappa shape index (κ2) is 9.07. The molecule has 1 fully saturated rings. The lowest BCUT2D eigenvalue weighted by molar-refractivity contribution is 0.344. The third-order valence-corrected chi connectivity index (χ3v) is 3.88. The summed E-state index contributed by atoms with van der Waals surface area (Å²) in [5.41, 5.74) is 0. The van der Waals surface area contributed by atoms with E-state index < -0.39 is 0 Å². The highest BCUT2D eigenvalue weighted by molar-refractivity contribution is 4.59. The average Bonchev–Trinajstić information content (AvgIpc) is 2.18. The van der Waals surface area contributed by atoms with Crippen LogP contribution in [0.3, 0.4) is 0 Å². The topological polar surface area (TPSA) is 0 Å². The summed E-state index contributed by atoms with van der Waals surface area (Å²) in [6.07, 6.45) is 8.81. The van der Waals surface area contributed by atoms with Crippen molar-refractivity contribution in [1.82, 2.24) is 0 Å². The standard InChI is InChI=1S/C9H20.C7H14/c1-7(2)6-9(5)8(3)4;1-7-5-3-2-4-6-7/h7-9H,6H2,1-5H3;7H,2-6H2,1H3. The molecule has 0 aromatic carbocycles. The average molecular weight is 226 g/mol. The highest BCUT2D eigenvalue weighted by atomic mass is 14.1. The summed E-state index contributed by atoms with van der Waals surface area (Å²) < 4.78 is 0. The molecule has 0 aliphatic heterocycles. The molecular weight excluding hydrogens is 192 g/mol. The van der Waals surface area contributed by atoms with Crippen LogP contribution in [0.5, 0.6) is 0 Å². The summed E-state index contributed by atoms with van der Waals surface area (Å²) in [5.74, 6) is 3.65. The summed E-state index contributed by atoms with van der Waals surface area (Å²) in [6, 6.07) is 0. The first-order valence-corrected chi connectivity index (χ1v) is 7.43. The minimum Gasteiger partial charge on any atom is -0.0628 e. The van der Waals surface area contributed by atoms with Gasteiger partial charge in [0, 0.05) is 0 Å². The molecule has 0 saturated heterocycles. The van der Waals surface area contributed by atoms with Crippen molar-refractivity contribution in [3.05, 3.63) is 0 Å². The van der Waals surface area contributed by atoms with E-state index in [2.05, 4.69) is 41.5 Å². The van der Waals surface area contributed by atoms with Crippen molar-refractivity contribution in [2.75, 3.05) is 0 Å². The lowest BCUT2D eigenvalue weighted by Gasteiger charge is -2.16. The molecule has 1 rings (SSSR count). The fraction of sp³-hybridized carbons (Fsp3) is 1.00. The monoisotopic (exact) mass is 226 g/mol. The SMILES string of the molecule is CC(C)CC(C)C(C)C.CC1CCCCC1. The molecule has 16 heavy (non-hydrogen) atoms. The van der Waals surface area contributed by atoms with E-state index in [1.54, 1.807) is 0 Å². The van der Waals surface area contributed by atoms with Crippen molar-refractivity contribution in [3.63, 3.8) is 0 Å². The predicted molar refractivity (Wildman–Crippen MR) is 75.7 cm³/mol. The van der Waals surface area contributed by atoms with Gasteiger partial charge in [0.1, 0.15) is 0 Å². The van der Waals surface area contributed by atoms with Crippen molar-refractivity contribution in [2.45, 2.75) is 80.1 Å². The van der Waals surface area contributed by atoms with Gasteiger partial charge >= 0.3 is 0 Å². The maximum Gasteiger partial charge on any atom is -0.0417 e. The Morgan fingerprint density at radius 2 is 1.38 bits per heavy atom. The van der Waals surface area contributed by atoms with Gasteiger partial charge in [-0.1, -0.05) is 73.6 Å². The minimum atomic E-state index is 0.854. The van der Waals surface area contributed by atoms with Gasteiger partial charge in [-0.15, -0.1) is 0 Å². The van der Waals surface area contributed by atoms with Gasteiger partial charge in [-0.2, -0.15) is 0 Å². The summed E-state index contributed by atoms with van der Waals surface area (Å²) in [7, 11) is 0. The van der Waals surface area contributed by atoms with Crippen LogP contribution >= 0.6 is 0 Å². The largest absolute Gasteiger partial charge is 0.0628 e. The van der Waals surface area contributed by atoms with Gasteiger partial charge in [0.2, 0.25) is 0 Å². The van der Waals surface area contributed by atoms with Crippen molar-refractivity contribution in [1.29, 1.82) is 0 Å². The minimum absolute atomic E-state index is 0.854. The zero-order valence-corrected chi connectivity index (χ0v) is 12.6. The zero-order chi connectivity index (χ0) is 12.6. The Hall–Kier alpha value is 0. The van der Waals surface area contributed by atoms with Gasteiger partial charge in [-0.05, 0) is 30.1 Å². The van der Waals surface area contributed by atoms with E-state index in [0.29, 0.717) is 0 Å². The van der Waals surface area contributed by atoms with E-state index >= 15 is 0 Å². The normalized spacial score (nSPS) is 19.5. The first kappa shape index (κ1) is 16.0. The molecule has 1 atom stereocenters. The molecule has 1 unspecified atom stereocenters. The molecule has 0 radical (unpaired) electrons. The molecule has 0 spiro atoms. The third-order valence-electron chi connectivity index (χ3n) is 3.88. The number of hydrogen-bond donors (Lipinski definition) is 0. The van der Waals surface area contributed by atoms with Crippen LogP contribution in [0, 0.1) is 23.7 Å². The van der Waals surface area contributed by atoms with Crippen LogP contribution in [-0.4, -0.2) is 0 Å². The lowest BCUT2D eigenvalue weighted by Crippen LogP contribution is -2.06. The Bertz CT molecular complexity index is 140. The number of hydrogen-bond acceptors (Lipinski definition) is 0. The van der Waals surface area contributed by atoms with E-state index in [-0.39, 0.29) is 0 Å². The fourth-order valence-corrected chi connectivity index (χ4v) is 2.32. The molecule has 0 heterocycles. The van der Waals surface area contributed by atoms with Crippen LogP contribution in [0.2, 0.25) is 0 Å². The van der Waals surface area contributed by atoms with Gasteiger partial charge in [-0.3, -0.25) is 0 Å². The van der Waals surface area contributed by atoms with Gasteiger partial charge in [0.05, 0.1) is 0 Å². The summed E-state index contributed by atoms with van der Waals surface area (Å²) in [4.78, 5) is 0. The first-order valence-electron chi connectivity index (χ1n) is 7.43. The van der Waals surface area contributed by atoms with Gasteiger partial charge in [0.25, 0.3) is 0 Å². The second-order valence-corrected chi connectivity index (χ2v) is 6.59. The summed E-state index contributed by atoms with van der Waals surface area (Å²) in [5, 5.41) is 0. The van der Waals surface area contributed by atoms with Crippen molar-refractivity contribution in [3.8, 4) is 0 Å². The van der Waals surface area contributed by atoms with Gasteiger partial charge < -0.3 is 0 Å². The molecule has 1 aliphatic rings. The molecule has 1 saturated carbocycles. The van der Waals surface area contributed by atoms with Crippen LogP contribution in [0.1, 0.15) is 80.1 Å². The van der Waals surface area contributed by atoms with Crippen molar-refractivity contribution < 1.29 is 0 Å². The Morgan fingerprint density at radius 3 is 1.56 bits per heavy atom.